The van der Waals surface area contributed by atoms with E-state index in [4.69, 9.17) is 0 Å². The van der Waals surface area contributed by atoms with Gasteiger partial charge in [-0.05, 0) is 83.9 Å². The highest BCUT2D eigenvalue weighted by molar-refractivity contribution is 5.97. The third kappa shape index (κ3) is 6.82. The number of carbonyl (C=O) groups excluding carboxylic acids is 1. The van der Waals surface area contributed by atoms with Crippen LogP contribution in [0.4, 0.5) is 0 Å². The molecule has 1 N–H and O–H groups in total. The van der Waals surface area contributed by atoms with Crippen molar-refractivity contribution >= 4 is 5.78 Å². The highest BCUT2D eigenvalue weighted by Crippen LogP contribution is 2.30. The van der Waals surface area contributed by atoms with E-state index >= 15 is 0 Å². The monoisotopic (exact) mass is 356 g/mol. The zero-order chi connectivity index (χ0) is 19.7. The standard InChI is InChI=1S/C24H36O2/c1-7-8-9-13-21-16-23(26)22(19(5)24(21)20(6)25)15-14-18(4)12-10-11-17(2)3/h11,14,16,26H,7-10,12-13,15H2,1-6H3/b18-14+. The van der Waals surface area contributed by atoms with E-state index in [1.807, 2.05) is 13.0 Å². The molecule has 2 heteroatoms. The van der Waals surface area contributed by atoms with E-state index in [1.54, 1.807) is 6.92 Å². The molecule has 1 rings (SSSR count). The van der Waals surface area contributed by atoms with Gasteiger partial charge in [0.2, 0.25) is 0 Å². The van der Waals surface area contributed by atoms with Crippen LogP contribution < -0.4 is 0 Å². The number of carbonyl (C=O) groups is 1. The predicted molar refractivity (Wildman–Crippen MR) is 112 cm³/mol. The summed E-state index contributed by atoms with van der Waals surface area (Å²) in [5.41, 5.74) is 6.29. The summed E-state index contributed by atoms with van der Waals surface area (Å²) in [4.78, 5) is 12.2. The van der Waals surface area contributed by atoms with Crippen molar-refractivity contribution in [3.63, 3.8) is 0 Å². The molecule has 0 aliphatic rings. The first-order valence-electron chi connectivity index (χ1n) is 9.92. The quantitative estimate of drug-likeness (QED) is 0.282. The Balaban J connectivity index is 3.03. The number of benzene rings is 1. The molecule has 0 unspecified atom stereocenters. The van der Waals surface area contributed by atoms with Crippen LogP contribution >= 0.6 is 0 Å². The van der Waals surface area contributed by atoms with Crippen LogP contribution in [-0.4, -0.2) is 10.9 Å². The first-order chi connectivity index (χ1) is 12.3. The average molecular weight is 357 g/mol. The van der Waals surface area contributed by atoms with Crippen LogP contribution in [0.1, 0.15) is 93.8 Å². The van der Waals surface area contributed by atoms with Crippen LogP contribution in [0.15, 0.2) is 29.4 Å². The summed E-state index contributed by atoms with van der Waals surface area (Å²) in [6.07, 6.45) is 11.4. The molecule has 0 heterocycles. The van der Waals surface area contributed by atoms with Crippen LogP contribution in [0.2, 0.25) is 0 Å². The van der Waals surface area contributed by atoms with E-state index < -0.39 is 0 Å². The minimum atomic E-state index is 0.0968. The Kier molecular flexibility index (Phi) is 9.40. The van der Waals surface area contributed by atoms with Crippen molar-refractivity contribution in [2.24, 2.45) is 0 Å². The van der Waals surface area contributed by atoms with Gasteiger partial charge in [-0.25, -0.2) is 0 Å². The second kappa shape index (κ2) is 11.0. The Morgan fingerprint density at radius 3 is 2.38 bits per heavy atom. The summed E-state index contributed by atoms with van der Waals surface area (Å²) >= 11 is 0. The molecule has 0 saturated carbocycles. The largest absolute Gasteiger partial charge is 0.508 e. The van der Waals surface area contributed by atoms with Gasteiger partial charge in [0.25, 0.3) is 0 Å². The molecule has 1 aromatic carbocycles. The molecule has 1 aromatic rings. The lowest BCUT2D eigenvalue weighted by atomic mass is 9.89. The van der Waals surface area contributed by atoms with Crippen molar-refractivity contribution in [1.82, 2.24) is 0 Å². The number of aryl methyl sites for hydroxylation is 1. The Morgan fingerprint density at radius 1 is 1.12 bits per heavy atom. The molecule has 0 saturated heterocycles. The predicted octanol–water partition coefficient (Wildman–Crippen LogP) is 6.87. The molecule has 0 fully saturated rings. The number of phenolic OH excluding ortho intramolecular Hbond substituents is 1. The number of aromatic hydroxyl groups is 1. The molecule has 0 atom stereocenters. The second-order valence-corrected chi connectivity index (χ2v) is 7.62. The van der Waals surface area contributed by atoms with E-state index in [2.05, 4.69) is 39.8 Å². The molecule has 0 aromatic heterocycles. The Labute approximate surface area is 160 Å². The lowest BCUT2D eigenvalue weighted by Gasteiger charge is -2.16. The van der Waals surface area contributed by atoms with Gasteiger partial charge in [0.15, 0.2) is 5.78 Å². The van der Waals surface area contributed by atoms with Gasteiger partial charge in [-0.2, -0.15) is 0 Å². The number of hydrogen-bond acceptors (Lipinski definition) is 2. The second-order valence-electron chi connectivity index (χ2n) is 7.62. The number of ketones is 1. The number of rotatable bonds is 10. The number of unbranched alkanes of at least 4 members (excludes halogenated alkanes) is 2. The fourth-order valence-corrected chi connectivity index (χ4v) is 3.39. The van der Waals surface area contributed by atoms with Crippen LogP contribution in [0, 0.1) is 6.92 Å². The molecule has 2 nitrogen and oxygen atoms in total. The number of allylic oxidation sites excluding steroid dienone is 4. The summed E-state index contributed by atoms with van der Waals surface area (Å²) in [7, 11) is 0. The summed E-state index contributed by atoms with van der Waals surface area (Å²) in [6.45, 7) is 12.1. The molecular formula is C24H36O2. The normalized spacial score (nSPS) is 11.5. The number of Topliss-reactive ketones (excluding diaryl/α,β-unsaturated/α-hetero) is 1. The summed E-state index contributed by atoms with van der Waals surface area (Å²) in [6, 6.07) is 1.82. The zero-order valence-electron chi connectivity index (χ0n) is 17.5. The third-order valence-corrected chi connectivity index (χ3v) is 4.92. The van der Waals surface area contributed by atoms with E-state index in [0.717, 1.165) is 60.8 Å². The minimum Gasteiger partial charge on any atom is -0.508 e. The van der Waals surface area contributed by atoms with E-state index in [-0.39, 0.29) is 5.78 Å². The lowest BCUT2D eigenvalue weighted by Crippen LogP contribution is -2.06. The molecule has 144 valence electrons. The highest BCUT2D eigenvalue weighted by atomic mass is 16.3. The van der Waals surface area contributed by atoms with Gasteiger partial charge in [0, 0.05) is 11.1 Å². The lowest BCUT2D eigenvalue weighted by molar-refractivity contribution is 0.101. The van der Waals surface area contributed by atoms with Gasteiger partial charge in [0.05, 0.1) is 0 Å². The average Bonchev–Trinajstić information content (AvgIpc) is 2.53. The summed E-state index contributed by atoms with van der Waals surface area (Å²) in [5, 5.41) is 10.5. The molecule has 0 aliphatic carbocycles. The maximum Gasteiger partial charge on any atom is 0.160 e. The smallest absolute Gasteiger partial charge is 0.160 e. The Hall–Kier alpha value is -1.83. The Morgan fingerprint density at radius 2 is 1.81 bits per heavy atom. The Bertz CT molecular complexity index is 674. The molecule has 0 spiro atoms. The molecule has 0 bridgehead atoms. The topological polar surface area (TPSA) is 37.3 Å². The first kappa shape index (κ1) is 22.2. The van der Waals surface area contributed by atoms with Crippen molar-refractivity contribution < 1.29 is 9.90 Å². The zero-order valence-corrected chi connectivity index (χ0v) is 17.5. The van der Waals surface area contributed by atoms with Crippen molar-refractivity contribution in [3.05, 3.63) is 51.6 Å². The van der Waals surface area contributed by atoms with E-state index in [1.165, 1.54) is 11.1 Å². The van der Waals surface area contributed by atoms with Crippen molar-refractivity contribution in [3.8, 4) is 5.75 Å². The minimum absolute atomic E-state index is 0.0968. The maximum absolute atomic E-state index is 12.2. The molecular weight excluding hydrogens is 320 g/mol. The molecule has 0 aliphatic heterocycles. The number of hydrogen-bond donors (Lipinski definition) is 1. The van der Waals surface area contributed by atoms with Gasteiger partial charge < -0.3 is 5.11 Å². The van der Waals surface area contributed by atoms with E-state index in [9.17, 15) is 9.90 Å². The van der Waals surface area contributed by atoms with Crippen molar-refractivity contribution in [1.29, 1.82) is 0 Å². The van der Waals surface area contributed by atoms with Crippen molar-refractivity contribution in [2.45, 2.75) is 86.5 Å². The first-order valence-corrected chi connectivity index (χ1v) is 9.92. The number of phenols is 1. The third-order valence-electron chi connectivity index (χ3n) is 4.92. The van der Waals surface area contributed by atoms with Gasteiger partial charge in [-0.1, -0.05) is 43.1 Å². The SMILES string of the molecule is CCCCCc1cc(O)c(C/C=C(\C)CCC=C(C)C)c(C)c1C(C)=O. The van der Waals surface area contributed by atoms with Crippen LogP contribution in [-0.2, 0) is 12.8 Å². The molecule has 0 radical (unpaired) electrons. The summed E-state index contributed by atoms with van der Waals surface area (Å²) in [5.74, 6) is 0.423. The van der Waals surface area contributed by atoms with Crippen LogP contribution in [0.5, 0.6) is 5.75 Å². The molecule has 0 amide bonds. The molecule has 26 heavy (non-hydrogen) atoms. The van der Waals surface area contributed by atoms with Crippen molar-refractivity contribution in [2.75, 3.05) is 0 Å². The highest BCUT2D eigenvalue weighted by Gasteiger charge is 2.17. The summed E-state index contributed by atoms with van der Waals surface area (Å²) < 4.78 is 0. The fourth-order valence-electron chi connectivity index (χ4n) is 3.39. The maximum atomic E-state index is 12.2. The fraction of sp³-hybridized carbons (Fsp3) is 0.542. The van der Waals surface area contributed by atoms with Gasteiger partial charge in [0.1, 0.15) is 5.75 Å². The van der Waals surface area contributed by atoms with Gasteiger partial charge >= 0.3 is 0 Å². The van der Waals surface area contributed by atoms with Gasteiger partial charge in [-0.15, -0.1) is 0 Å². The van der Waals surface area contributed by atoms with Crippen LogP contribution in [0.3, 0.4) is 0 Å². The van der Waals surface area contributed by atoms with Gasteiger partial charge in [-0.3, -0.25) is 4.79 Å². The van der Waals surface area contributed by atoms with Crippen LogP contribution in [0.25, 0.3) is 0 Å². The van der Waals surface area contributed by atoms with E-state index in [0.29, 0.717) is 12.2 Å².